The Morgan fingerprint density at radius 2 is 2.00 bits per heavy atom. The van der Waals surface area contributed by atoms with Crippen LogP contribution < -0.4 is 15.2 Å². The number of rotatable bonds is 4. The highest BCUT2D eigenvalue weighted by Gasteiger charge is 2.31. The Balaban J connectivity index is 1.42. The van der Waals surface area contributed by atoms with Crippen LogP contribution in [0, 0.1) is 0 Å². The smallest absolute Gasteiger partial charge is 0.362 e. The van der Waals surface area contributed by atoms with Crippen molar-refractivity contribution in [1.82, 2.24) is 9.38 Å². The van der Waals surface area contributed by atoms with Gasteiger partial charge in [0.2, 0.25) is 0 Å². The summed E-state index contributed by atoms with van der Waals surface area (Å²) in [4.78, 5) is 36.9. The van der Waals surface area contributed by atoms with Gasteiger partial charge in [0.15, 0.2) is 16.2 Å². The number of fused-ring (bicyclic) bond motifs is 2. The Bertz CT molecular complexity index is 1320. The Kier molecular flexibility index (Phi) is 4.35. The van der Waals surface area contributed by atoms with E-state index in [9.17, 15) is 9.59 Å². The topological polar surface area (TPSA) is 77.5 Å². The van der Waals surface area contributed by atoms with Gasteiger partial charge in [-0.1, -0.05) is 0 Å². The molecule has 0 saturated heterocycles. The minimum atomic E-state index is -0.148. The summed E-state index contributed by atoms with van der Waals surface area (Å²) >= 11 is 2.81. The fraction of sp³-hybridized carbons (Fsp3) is 0.100. The number of hydrogen-bond donors (Lipinski definition) is 1. The number of carbonyl (C=O) groups excluding carboxylic acids is 1. The van der Waals surface area contributed by atoms with Crippen LogP contribution in [0.4, 0.5) is 5.69 Å². The average molecular weight is 423 g/mol. The van der Waals surface area contributed by atoms with E-state index < -0.39 is 0 Å². The number of thiazole rings is 1. The molecule has 1 unspecified atom stereocenters. The Morgan fingerprint density at radius 3 is 2.79 bits per heavy atom. The van der Waals surface area contributed by atoms with Crippen molar-refractivity contribution < 1.29 is 14.4 Å². The van der Waals surface area contributed by atoms with Crippen molar-refractivity contribution in [2.24, 2.45) is 4.99 Å². The van der Waals surface area contributed by atoms with E-state index in [1.165, 1.54) is 33.1 Å². The lowest BCUT2D eigenvalue weighted by Gasteiger charge is -2.13. The summed E-state index contributed by atoms with van der Waals surface area (Å²) in [5.74, 6) is 0.721. The highest BCUT2D eigenvalue weighted by atomic mass is 32.1. The van der Waals surface area contributed by atoms with Gasteiger partial charge in [-0.3, -0.25) is 9.20 Å². The van der Waals surface area contributed by atoms with Crippen LogP contribution in [-0.4, -0.2) is 28.7 Å². The van der Waals surface area contributed by atoms with Crippen LogP contribution in [0.1, 0.15) is 15.4 Å². The fourth-order valence-corrected chi connectivity index (χ4v) is 5.01. The molecule has 1 N–H and O–H groups in total. The standard InChI is InChI=1S/C20H14N4O3S2/c1-27-14-4-2-12(3-5-14)16-9-15-18(29-16)19(26)23(11-21-15)10-13-8-17(25)24-6-7-28-20(24)22-13/h2-9,11H,10H2,1H3/p+1. The van der Waals surface area contributed by atoms with E-state index in [2.05, 4.69) is 9.98 Å². The van der Waals surface area contributed by atoms with Gasteiger partial charge >= 0.3 is 5.91 Å². The third-order valence-corrected chi connectivity index (χ3v) is 6.60. The lowest BCUT2D eigenvalue weighted by Crippen LogP contribution is -3.12. The largest absolute Gasteiger partial charge is 0.497 e. The summed E-state index contributed by atoms with van der Waals surface area (Å²) in [5.41, 5.74) is 2.11. The van der Waals surface area contributed by atoms with E-state index in [4.69, 9.17) is 4.74 Å². The molecule has 0 spiro atoms. The lowest BCUT2D eigenvalue weighted by atomic mass is 10.1. The molecule has 0 bridgehead atoms. The SMILES string of the molecule is COc1ccc(-c2cc3c(s2)C(=O)[NH+](Cc2cc(=O)n4ccsc4n2)C=N3)cc1. The molecule has 144 valence electrons. The number of nitrogens with one attached hydrogen (secondary N) is 1. The van der Waals surface area contributed by atoms with Crippen molar-refractivity contribution in [3.63, 3.8) is 0 Å². The van der Waals surface area contributed by atoms with Crippen molar-refractivity contribution >= 4 is 45.6 Å². The third-order valence-electron chi connectivity index (χ3n) is 4.67. The molecule has 1 aliphatic rings. The Morgan fingerprint density at radius 1 is 1.17 bits per heavy atom. The van der Waals surface area contributed by atoms with Gasteiger partial charge in [0.1, 0.15) is 18.0 Å². The van der Waals surface area contributed by atoms with Crippen molar-refractivity contribution in [3.05, 3.63) is 68.9 Å². The number of methoxy groups -OCH3 is 1. The first-order valence-electron chi connectivity index (χ1n) is 8.81. The highest BCUT2D eigenvalue weighted by Crippen LogP contribution is 2.37. The molecule has 9 heteroatoms. The summed E-state index contributed by atoms with van der Waals surface area (Å²) in [6.07, 6.45) is 3.28. The van der Waals surface area contributed by atoms with Crippen molar-refractivity contribution in [2.45, 2.75) is 6.54 Å². The number of aliphatic imine (C=N–C) groups is 1. The molecule has 1 aromatic carbocycles. The van der Waals surface area contributed by atoms with Crippen molar-refractivity contribution in [3.8, 4) is 16.2 Å². The molecule has 4 heterocycles. The first-order valence-corrected chi connectivity index (χ1v) is 10.5. The zero-order chi connectivity index (χ0) is 20.0. The van der Waals surface area contributed by atoms with Gasteiger partial charge in [0.25, 0.3) is 5.56 Å². The molecule has 29 heavy (non-hydrogen) atoms. The van der Waals surface area contributed by atoms with Crippen LogP contribution in [-0.2, 0) is 6.54 Å². The van der Waals surface area contributed by atoms with Gasteiger partial charge < -0.3 is 4.74 Å². The number of quaternary nitrogens is 1. The maximum absolute atomic E-state index is 13.0. The minimum Gasteiger partial charge on any atom is -0.497 e. The first-order chi connectivity index (χ1) is 14.1. The van der Waals surface area contributed by atoms with Gasteiger partial charge in [-0.15, -0.1) is 22.7 Å². The van der Waals surface area contributed by atoms with E-state index in [0.717, 1.165) is 16.2 Å². The van der Waals surface area contributed by atoms with Gasteiger partial charge in [-0.2, -0.15) is 0 Å². The second kappa shape index (κ2) is 7.03. The molecule has 0 radical (unpaired) electrons. The van der Waals surface area contributed by atoms with Crippen molar-refractivity contribution in [2.75, 3.05) is 7.11 Å². The molecule has 0 fully saturated rings. The molecule has 1 aliphatic heterocycles. The number of aromatic nitrogens is 2. The van der Waals surface area contributed by atoms with E-state index in [1.807, 2.05) is 35.7 Å². The second-order valence-electron chi connectivity index (χ2n) is 6.48. The summed E-state index contributed by atoms with van der Waals surface area (Å²) < 4.78 is 6.69. The maximum Gasteiger partial charge on any atom is 0.362 e. The zero-order valence-electron chi connectivity index (χ0n) is 15.3. The average Bonchev–Trinajstić information content (AvgIpc) is 3.38. The summed E-state index contributed by atoms with van der Waals surface area (Å²) in [6, 6.07) is 11.1. The van der Waals surface area contributed by atoms with Gasteiger partial charge in [0, 0.05) is 22.5 Å². The third kappa shape index (κ3) is 3.19. The van der Waals surface area contributed by atoms with Gasteiger partial charge in [-0.25, -0.2) is 19.7 Å². The van der Waals surface area contributed by atoms with E-state index in [0.29, 0.717) is 26.1 Å². The number of ether oxygens (including phenoxy) is 1. The minimum absolute atomic E-state index is 0.0621. The Hall–Kier alpha value is -3.14. The zero-order valence-corrected chi connectivity index (χ0v) is 16.9. The summed E-state index contributed by atoms with van der Waals surface area (Å²) in [7, 11) is 1.63. The van der Waals surface area contributed by atoms with Crippen LogP contribution in [0.15, 0.2) is 57.8 Å². The van der Waals surface area contributed by atoms with E-state index in [-0.39, 0.29) is 18.0 Å². The number of hydrogen-bond acceptors (Lipinski definition) is 7. The maximum atomic E-state index is 13.0. The molecular weight excluding hydrogens is 408 g/mol. The predicted octanol–water partition coefficient (Wildman–Crippen LogP) is 2.39. The highest BCUT2D eigenvalue weighted by molar-refractivity contribution is 7.18. The van der Waals surface area contributed by atoms with Crippen LogP contribution in [0.5, 0.6) is 5.75 Å². The predicted molar refractivity (Wildman–Crippen MR) is 113 cm³/mol. The number of benzene rings is 1. The summed E-state index contributed by atoms with van der Waals surface area (Å²) in [6.45, 7) is 0.279. The molecule has 1 amide bonds. The quantitative estimate of drug-likeness (QED) is 0.547. The molecule has 5 rings (SSSR count). The number of amides is 1. The molecule has 7 nitrogen and oxygen atoms in total. The van der Waals surface area contributed by atoms with Crippen LogP contribution in [0.3, 0.4) is 0 Å². The number of nitrogens with zero attached hydrogens (tertiary/aromatic N) is 3. The number of thiophene rings is 1. The monoisotopic (exact) mass is 423 g/mol. The number of carbonyl (C=O) groups is 1. The second-order valence-corrected chi connectivity index (χ2v) is 8.41. The van der Waals surface area contributed by atoms with Gasteiger partial charge in [0.05, 0.1) is 12.8 Å². The van der Waals surface area contributed by atoms with E-state index >= 15 is 0 Å². The van der Waals surface area contributed by atoms with Crippen molar-refractivity contribution in [1.29, 1.82) is 0 Å². The molecule has 4 aromatic rings. The first kappa shape index (κ1) is 17.9. The fourth-order valence-electron chi connectivity index (χ4n) is 3.19. The lowest BCUT2D eigenvalue weighted by molar-refractivity contribution is -0.721. The van der Waals surface area contributed by atoms with Gasteiger partial charge in [-0.05, 0) is 35.9 Å². The summed E-state index contributed by atoms with van der Waals surface area (Å²) in [5, 5.41) is 1.81. The van der Waals surface area contributed by atoms with E-state index in [1.54, 1.807) is 19.6 Å². The molecule has 3 aromatic heterocycles. The van der Waals surface area contributed by atoms with Crippen LogP contribution in [0.2, 0.25) is 0 Å². The molecule has 1 atom stereocenters. The molecule has 0 saturated carbocycles. The van der Waals surface area contributed by atoms with Crippen LogP contribution in [0.25, 0.3) is 15.4 Å². The molecular formula is C20H15N4O3S2+. The Labute approximate surface area is 173 Å². The van der Waals surface area contributed by atoms with Crippen LogP contribution >= 0.6 is 22.7 Å². The molecule has 0 aliphatic carbocycles. The normalized spacial score (nSPS) is 15.6.